The maximum absolute atomic E-state index is 8.68. The van der Waals surface area contributed by atoms with Crippen LogP contribution in [0.2, 0.25) is 0 Å². The average Bonchev–Trinajstić information content (AvgIpc) is 3.11. The third-order valence-electron chi connectivity index (χ3n) is 8.95. The summed E-state index contributed by atoms with van der Waals surface area (Å²) in [5, 5.41) is 0. The van der Waals surface area contributed by atoms with E-state index in [4.69, 9.17) is 8.22 Å². The van der Waals surface area contributed by atoms with Gasteiger partial charge in [0.25, 0.3) is 0 Å². The molecule has 36 heavy (non-hydrogen) atoms. The molecule has 0 fully saturated rings. The zero-order valence-electron chi connectivity index (χ0n) is 29.8. The lowest BCUT2D eigenvalue weighted by molar-refractivity contribution is -0.660. The van der Waals surface area contributed by atoms with E-state index in [0.29, 0.717) is 11.1 Å². The van der Waals surface area contributed by atoms with Crippen LogP contribution in [0.25, 0.3) is 22.4 Å². The Hall–Kier alpha value is -2.41. The summed E-state index contributed by atoms with van der Waals surface area (Å²) in [6, 6.07) is 9.79. The summed E-state index contributed by atoms with van der Waals surface area (Å²) in [7, 11) is 1.88. The number of benzene rings is 2. The monoisotopic (exact) mass is 486 g/mol. The lowest BCUT2D eigenvalue weighted by Gasteiger charge is -2.30. The van der Waals surface area contributed by atoms with Gasteiger partial charge < -0.3 is 0 Å². The van der Waals surface area contributed by atoms with Crippen LogP contribution in [0.15, 0.2) is 36.5 Å². The Morgan fingerprint density at radius 1 is 0.694 bits per heavy atom. The summed E-state index contributed by atoms with van der Waals surface area (Å²) < 4.78 is 51.5. The molecule has 0 radical (unpaired) electrons. The van der Waals surface area contributed by atoms with Gasteiger partial charge >= 0.3 is 0 Å². The summed E-state index contributed by atoms with van der Waals surface area (Å²) >= 11 is 0. The van der Waals surface area contributed by atoms with Gasteiger partial charge in [-0.3, -0.25) is 0 Å². The zero-order chi connectivity index (χ0) is 31.6. The highest BCUT2D eigenvalue weighted by Crippen LogP contribution is 2.60. The van der Waals surface area contributed by atoms with Crippen molar-refractivity contribution in [1.29, 1.82) is 0 Å². The van der Waals surface area contributed by atoms with Crippen molar-refractivity contribution >= 4 is 0 Å². The topological polar surface area (TPSA) is 3.88 Å². The van der Waals surface area contributed by atoms with Gasteiger partial charge in [-0.05, 0) is 100 Å². The molecular weight excluding hydrogens is 434 g/mol. The Bertz CT molecular complexity index is 1560. The highest BCUT2D eigenvalue weighted by Gasteiger charge is 2.50. The molecule has 2 aliphatic carbocycles. The van der Waals surface area contributed by atoms with E-state index in [0.717, 1.165) is 40.8 Å². The minimum atomic E-state index is -2.32. The van der Waals surface area contributed by atoms with Crippen LogP contribution in [-0.4, -0.2) is 0 Å². The molecule has 0 aliphatic heterocycles. The second-order valence-electron chi connectivity index (χ2n) is 14.1. The average molecular weight is 487 g/mol. The normalized spacial score (nSPS) is 23.5. The van der Waals surface area contributed by atoms with Crippen molar-refractivity contribution in [2.75, 3.05) is 0 Å². The Balaban J connectivity index is 1.95. The van der Waals surface area contributed by atoms with E-state index in [9.17, 15) is 0 Å². The van der Waals surface area contributed by atoms with Crippen molar-refractivity contribution in [2.45, 2.75) is 111 Å². The molecule has 190 valence electrons. The van der Waals surface area contributed by atoms with Gasteiger partial charge in [0, 0.05) is 25.4 Å². The van der Waals surface area contributed by atoms with Gasteiger partial charge in [0.15, 0.2) is 6.20 Å². The van der Waals surface area contributed by atoms with Gasteiger partial charge in [-0.25, -0.2) is 4.57 Å². The molecule has 0 atom stereocenters. The smallest absolute Gasteiger partial charge is 0.201 e. The minimum absolute atomic E-state index is 0.0461. The minimum Gasteiger partial charge on any atom is -0.201 e. The summed E-state index contributed by atoms with van der Waals surface area (Å²) in [5.74, 6) is 0. The molecule has 3 aromatic rings. The van der Waals surface area contributed by atoms with E-state index >= 15 is 0 Å². The van der Waals surface area contributed by atoms with Gasteiger partial charge in [0.1, 0.15) is 7.05 Å². The summed E-state index contributed by atoms with van der Waals surface area (Å²) in [4.78, 5) is 0. The quantitative estimate of drug-likeness (QED) is 0.319. The molecule has 0 saturated carbocycles. The molecule has 5 rings (SSSR count). The van der Waals surface area contributed by atoms with Gasteiger partial charge in [-0.15, -0.1) is 0 Å². The summed E-state index contributed by atoms with van der Waals surface area (Å²) in [6.07, 6.45) is 3.75. The van der Waals surface area contributed by atoms with E-state index in [2.05, 4.69) is 67.5 Å². The van der Waals surface area contributed by atoms with Gasteiger partial charge in [0.2, 0.25) is 5.69 Å². The van der Waals surface area contributed by atoms with Crippen molar-refractivity contribution in [2.24, 2.45) is 7.05 Å². The molecule has 0 bridgehead atoms. The van der Waals surface area contributed by atoms with E-state index in [1.54, 1.807) is 18.3 Å². The van der Waals surface area contributed by atoms with E-state index < -0.39 is 13.7 Å². The fourth-order valence-corrected chi connectivity index (χ4v) is 8.08. The lowest BCUT2D eigenvalue weighted by atomic mass is 9.73. The Morgan fingerprint density at radius 3 is 1.78 bits per heavy atom. The fourth-order valence-electron chi connectivity index (χ4n) is 8.08. The molecule has 0 unspecified atom stereocenters. The van der Waals surface area contributed by atoms with Crippen LogP contribution in [0.5, 0.6) is 0 Å². The molecule has 1 heterocycles. The molecule has 0 amide bonds. The number of hydrogen-bond donors (Lipinski definition) is 0. The Kier molecular flexibility index (Phi) is 3.94. The first kappa shape index (κ1) is 18.8. The predicted molar refractivity (Wildman–Crippen MR) is 154 cm³/mol. The van der Waals surface area contributed by atoms with E-state index in [1.807, 2.05) is 24.6 Å². The highest BCUT2D eigenvalue weighted by atomic mass is 14.9. The van der Waals surface area contributed by atoms with Gasteiger partial charge in [-0.2, -0.15) is 0 Å². The first-order valence-electron chi connectivity index (χ1n) is 16.3. The summed E-state index contributed by atoms with van der Waals surface area (Å²) in [5.41, 5.74) is 9.95. The first-order valence-corrected chi connectivity index (χ1v) is 13.3. The lowest BCUT2D eigenvalue weighted by Crippen LogP contribution is -2.32. The second-order valence-corrected chi connectivity index (χ2v) is 14.1. The fraction of sp³-hybridized carbons (Fsp3) is 0.514. The number of hydrogen-bond acceptors (Lipinski definition) is 0. The van der Waals surface area contributed by atoms with Crippen molar-refractivity contribution < 1.29 is 12.8 Å². The van der Waals surface area contributed by atoms with Crippen molar-refractivity contribution in [1.82, 2.24) is 0 Å². The number of nitrogens with zero attached hydrogens (tertiary/aromatic N) is 1. The van der Waals surface area contributed by atoms with Crippen LogP contribution in [0.3, 0.4) is 0 Å². The van der Waals surface area contributed by atoms with E-state index in [-0.39, 0.29) is 21.7 Å². The maximum atomic E-state index is 8.68. The van der Waals surface area contributed by atoms with Crippen molar-refractivity contribution in [3.05, 3.63) is 75.5 Å². The number of aryl methyl sites for hydroxylation is 4. The Morgan fingerprint density at radius 2 is 1.28 bits per heavy atom. The molecule has 0 N–H and O–H groups in total. The molecule has 2 aliphatic rings. The molecule has 1 aromatic heterocycles. The largest absolute Gasteiger partial charge is 0.213 e. The number of fused-ring (bicyclic) bond motifs is 2. The molecule has 0 saturated heterocycles. The van der Waals surface area contributed by atoms with Gasteiger partial charge in [0.05, 0.1) is 0 Å². The van der Waals surface area contributed by atoms with Crippen LogP contribution in [-0.2, 0) is 28.7 Å². The molecule has 2 aromatic carbocycles. The number of pyridine rings is 1. The van der Waals surface area contributed by atoms with Crippen LogP contribution in [0.1, 0.15) is 115 Å². The highest BCUT2D eigenvalue weighted by molar-refractivity contribution is 5.83. The first-order chi connectivity index (χ1) is 18.9. The van der Waals surface area contributed by atoms with Crippen molar-refractivity contribution in [3.63, 3.8) is 0 Å². The van der Waals surface area contributed by atoms with Crippen molar-refractivity contribution in [3.8, 4) is 22.4 Å². The predicted octanol–water partition coefficient (Wildman–Crippen LogP) is 8.69. The number of aromatic nitrogens is 1. The van der Waals surface area contributed by atoms with Crippen LogP contribution >= 0.6 is 0 Å². The molecular formula is C35H46N+. The summed E-state index contributed by atoms with van der Waals surface area (Å²) in [6.45, 7) is 15.9. The molecule has 0 spiro atoms. The second kappa shape index (κ2) is 7.56. The molecule has 1 heteroatoms. The maximum Gasteiger partial charge on any atom is 0.213 e. The standard InChI is InChI=1S/C35H46N/c1-21-13-14-24(22(2)15-21)28-16-25(23(3)18-36(28)12)29-30-26(32(4,5)19-34(30,8)9)17-27-31(29)35(10,11)20-33(27,6)7/h13-18H,19-20H2,1-12H3/q+1/i1D3,3D3. The van der Waals surface area contributed by atoms with Crippen LogP contribution in [0.4, 0.5) is 0 Å². The zero-order valence-corrected chi connectivity index (χ0v) is 23.8. The van der Waals surface area contributed by atoms with E-state index in [1.165, 1.54) is 22.3 Å². The third-order valence-corrected chi connectivity index (χ3v) is 8.95. The molecule has 1 nitrogen and oxygen atoms in total. The third kappa shape index (κ3) is 3.60. The Labute approximate surface area is 228 Å². The van der Waals surface area contributed by atoms with Gasteiger partial charge in [-0.1, -0.05) is 79.2 Å². The van der Waals surface area contributed by atoms with Crippen LogP contribution in [0, 0.1) is 20.6 Å². The van der Waals surface area contributed by atoms with Crippen LogP contribution < -0.4 is 4.57 Å². The number of rotatable bonds is 2. The SMILES string of the molecule is [2H]C([2H])([2H])c1ccc(-c2cc(-c3c4c(cc5c3C(C)(C)CC5(C)C)C(C)(C)CC4(C)C)c(C([2H])([2H])[2H])c[n+]2C)c(C)c1.